The van der Waals surface area contributed by atoms with E-state index < -0.39 is 5.67 Å². The summed E-state index contributed by atoms with van der Waals surface area (Å²) < 4.78 is 24.5. The molecule has 1 aliphatic heterocycles. The second-order valence-corrected chi connectivity index (χ2v) is 4.08. The molecule has 1 aliphatic rings. The van der Waals surface area contributed by atoms with Crippen LogP contribution in [0.4, 0.5) is 4.39 Å². The minimum absolute atomic E-state index is 0.0922. The van der Waals surface area contributed by atoms with Gasteiger partial charge in [0.2, 0.25) is 12.1 Å². The summed E-state index contributed by atoms with van der Waals surface area (Å²) in [7, 11) is 1.64. The highest BCUT2D eigenvalue weighted by atomic mass is 19.1. The van der Waals surface area contributed by atoms with Crippen molar-refractivity contribution >= 4 is 0 Å². The number of methoxy groups -OCH3 is 1. The third-order valence-electron chi connectivity index (χ3n) is 2.88. The van der Waals surface area contributed by atoms with Crippen molar-refractivity contribution in [1.29, 1.82) is 0 Å². The van der Waals surface area contributed by atoms with Gasteiger partial charge in [-0.1, -0.05) is 0 Å². The highest BCUT2D eigenvalue weighted by Crippen LogP contribution is 2.33. The molecular formula is C10H16FN3O2. The molecule has 16 heavy (non-hydrogen) atoms. The molecule has 1 fully saturated rings. The smallest absolute Gasteiger partial charge is 0.254 e. The number of nitrogens with zero attached hydrogens (tertiary/aromatic N) is 3. The standard InChI is InChI=1S/C10H16FN3O2/c1-15-6-5-14-4-2-3-10(11,7-14)9-13-12-8-16-9/h8H,2-7H2,1H3. The Morgan fingerprint density at radius 2 is 2.56 bits per heavy atom. The molecule has 0 N–H and O–H groups in total. The molecule has 0 spiro atoms. The van der Waals surface area contributed by atoms with Crippen LogP contribution in [0.25, 0.3) is 0 Å². The van der Waals surface area contributed by atoms with Crippen LogP contribution in [0.1, 0.15) is 18.7 Å². The molecule has 0 aromatic carbocycles. The van der Waals surface area contributed by atoms with E-state index in [1.807, 2.05) is 4.90 Å². The van der Waals surface area contributed by atoms with Gasteiger partial charge in [-0.05, 0) is 19.4 Å². The maximum Gasteiger partial charge on any atom is 0.254 e. The Bertz CT molecular complexity index is 320. The van der Waals surface area contributed by atoms with Crippen molar-refractivity contribution < 1.29 is 13.5 Å². The van der Waals surface area contributed by atoms with E-state index in [4.69, 9.17) is 9.15 Å². The molecule has 2 heterocycles. The van der Waals surface area contributed by atoms with Gasteiger partial charge in [-0.2, -0.15) is 0 Å². The van der Waals surface area contributed by atoms with E-state index in [2.05, 4.69) is 10.2 Å². The summed E-state index contributed by atoms with van der Waals surface area (Å²) in [4.78, 5) is 2.02. The van der Waals surface area contributed by atoms with Gasteiger partial charge in [-0.25, -0.2) is 4.39 Å². The van der Waals surface area contributed by atoms with E-state index in [-0.39, 0.29) is 5.89 Å². The van der Waals surface area contributed by atoms with E-state index in [1.54, 1.807) is 7.11 Å². The summed E-state index contributed by atoms with van der Waals surface area (Å²) in [5.74, 6) is 0.0922. The fourth-order valence-corrected chi connectivity index (χ4v) is 2.05. The zero-order valence-electron chi connectivity index (χ0n) is 9.36. The molecule has 0 aliphatic carbocycles. The number of halogens is 1. The van der Waals surface area contributed by atoms with Crippen LogP contribution in [0.15, 0.2) is 10.8 Å². The zero-order chi connectivity index (χ0) is 11.4. The first-order valence-corrected chi connectivity index (χ1v) is 5.41. The molecule has 1 saturated heterocycles. The number of ether oxygens (including phenoxy) is 1. The molecule has 1 aromatic heterocycles. The summed E-state index contributed by atoms with van der Waals surface area (Å²) in [6.45, 7) is 2.54. The lowest BCUT2D eigenvalue weighted by Gasteiger charge is -2.34. The minimum atomic E-state index is -1.50. The maximum absolute atomic E-state index is 14.5. The first-order valence-electron chi connectivity index (χ1n) is 5.41. The topological polar surface area (TPSA) is 51.4 Å². The second-order valence-electron chi connectivity index (χ2n) is 4.08. The lowest BCUT2D eigenvalue weighted by Crippen LogP contribution is -2.44. The van der Waals surface area contributed by atoms with E-state index in [9.17, 15) is 4.39 Å². The summed E-state index contributed by atoms with van der Waals surface area (Å²) >= 11 is 0. The van der Waals surface area contributed by atoms with Crippen molar-refractivity contribution in [1.82, 2.24) is 15.1 Å². The Morgan fingerprint density at radius 1 is 1.69 bits per heavy atom. The van der Waals surface area contributed by atoms with Gasteiger partial charge in [0.1, 0.15) is 0 Å². The van der Waals surface area contributed by atoms with E-state index in [0.29, 0.717) is 19.6 Å². The summed E-state index contributed by atoms with van der Waals surface area (Å²) in [5.41, 5.74) is -1.50. The normalized spacial score (nSPS) is 27.1. The monoisotopic (exact) mass is 229 g/mol. The molecule has 90 valence electrons. The number of hydrogen-bond donors (Lipinski definition) is 0. The molecule has 1 aromatic rings. The number of likely N-dealkylation sites (tertiary alicyclic amines) is 1. The Morgan fingerprint density at radius 3 is 3.25 bits per heavy atom. The molecule has 5 nitrogen and oxygen atoms in total. The van der Waals surface area contributed by atoms with E-state index >= 15 is 0 Å². The molecule has 1 atom stereocenters. The summed E-state index contributed by atoms with van der Waals surface area (Å²) in [6, 6.07) is 0. The van der Waals surface area contributed by atoms with Crippen molar-refractivity contribution in [2.45, 2.75) is 18.5 Å². The van der Waals surface area contributed by atoms with Gasteiger partial charge in [0.15, 0.2) is 0 Å². The van der Waals surface area contributed by atoms with Crippen LogP contribution in [0.5, 0.6) is 0 Å². The molecule has 1 unspecified atom stereocenters. The largest absolute Gasteiger partial charge is 0.424 e. The van der Waals surface area contributed by atoms with Gasteiger partial charge in [0.25, 0.3) is 5.89 Å². The highest BCUT2D eigenvalue weighted by molar-refractivity contribution is 4.99. The van der Waals surface area contributed by atoms with Crippen molar-refractivity contribution in [3.63, 3.8) is 0 Å². The van der Waals surface area contributed by atoms with Gasteiger partial charge in [0.05, 0.1) is 6.61 Å². The number of hydrogen-bond acceptors (Lipinski definition) is 5. The summed E-state index contributed by atoms with van der Waals surface area (Å²) in [5, 5.41) is 7.21. The maximum atomic E-state index is 14.5. The fraction of sp³-hybridized carbons (Fsp3) is 0.800. The Balaban J connectivity index is 2.00. The molecule has 0 amide bonds. The SMILES string of the molecule is COCCN1CCCC(F)(c2nnco2)C1. The molecule has 2 rings (SSSR count). The third kappa shape index (κ3) is 2.38. The number of aromatic nitrogens is 2. The number of rotatable bonds is 4. The van der Waals surface area contributed by atoms with Crippen LogP contribution in [0, 0.1) is 0 Å². The zero-order valence-corrected chi connectivity index (χ0v) is 9.36. The highest BCUT2D eigenvalue weighted by Gasteiger charge is 2.41. The van der Waals surface area contributed by atoms with Gasteiger partial charge in [-0.15, -0.1) is 10.2 Å². The lowest BCUT2D eigenvalue weighted by atomic mass is 9.94. The third-order valence-corrected chi connectivity index (χ3v) is 2.88. The average molecular weight is 229 g/mol. The second kappa shape index (κ2) is 4.88. The number of piperidine rings is 1. The first kappa shape index (κ1) is 11.5. The van der Waals surface area contributed by atoms with Gasteiger partial charge in [0, 0.05) is 20.2 Å². The van der Waals surface area contributed by atoms with Gasteiger partial charge in [-0.3, -0.25) is 4.90 Å². The van der Waals surface area contributed by atoms with Crippen LogP contribution < -0.4 is 0 Å². The predicted molar refractivity (Wildman–Crippen MR) is 54.6 cm³/mol. The summed E-state index contributed by atoms with van der Waals surface area (Å²) in [6.07, 6.45) is 2.41. The molecule has 6 heteroatoms. The van der Waals surface area contributed by atoms with Crippen molar-refractivity contribution in [3.05, 3.63) is 12.3 Å². The molecule has 0 bridgehead atoms. The van der Waals surface area contributed by atoms with Crippen LogP contribution in [-0.4, -0.2) is 48.4 Å². The van der Waals surface area contributed by atoms with Crippen LogP contribution in [-0.2, 0) is 10.4 Å². The van der Waals surface area contributed by atoms with Gasteiger partial charge < -0.3 is 9.15 Å². The first-order chi connectivity index (χ1) is 7.74. The Labute approximate surface area is 93.6 Å². The Hall–Kier alpha value is -1.01. The molecule has 0 saturated carbocycles. The van der Waals surface area contributed by atoms with Crippen LogP contribution in [0.3, 0.4) is 0 Å². The van der Waals surface area contributed by atoms with Crippen LogP contribution >= 0.6 is 0 Å². The number of alkyl halides is 1. The van der Waals surface area contributed by atoms with E-state index in [1.165, 1.54) is 6.39 Å². The van der Waals surface area contributed by atoms with Crippen molar-refractivity contribution in [2.24, 2.45) is 0 Å². The van der Waals surface area contributed by atoms with Gasteiger partial charge >= 0.3 is 0 Å². The average Bonchev–Trinajstić information content (AvgIpc) is 2.80. The molecule has 0 radical (unpaired) electrons. The molecular weight excluding hydrogens is 213 g/mol. The quantitative estimate of drug-likeness (QED) is 0.770. The van der Waals surface area contributed by atoms with Crippen molar-refractivity contribution in [3.8, 4) is 0 Å². The van der Waals surface area contributed by atoms with Crippen molar-refractivity contribution in [2.75, 3.05) is 33.4 Å². The fourth-order valence-electron chi connectivity index (χ4n) is 2.05. The Kier molecular flexibility index (Phi) is 3.50. The predicted octanol–water partition coefficient (Wildman–Crippen LogP) is 0.977. The van der Waals surface area contributed by atoms with E-state index in [0.717, 1.165) is 19.5 Å². The lowest BCUT2D eigenvalue weighted by molar-refractivity contribution is 0.0105. The minimum Gasteiger partial charge on any atom is -0.424 e. The van der Waals surface area contributed by atoms with Crippen LogP contribution in [0.2, 0.25) is 0 Å².